The summed E-state index contributed by atoms with van der Waals surface area (Å²) >= 11 is 0. The highest BCUT2D eigenvalue weighted by Crippen LogP contribution is 2.15. The molecule has 0 radical (unpaired) electrons. The van der Waals surface area contributed by atoms with Gasteiger partial charge in [-0.2, -0.15) is 0 Å². The molecule has 0 bridgehead atoms. The Bertz CT molecular complexity index is 262. The molecule has 0 fully saturated rings. The van der Waals surface area contributed by atoms with Crippen LogP contribution in [0.5, 0.6) is 0 Å². The molecule has 0 spiro atoms. The molecule has 0 aliphatic heterocycles. The Morgan fingerprint density at radius 3 is 2.23 bits per heavy atom. The second-order valence-corrected chi connectivity index (χ2v) is 4.01. The molecule has 1 aromatic rings. The van der Waals surface area contributed by atoms with Crippen LogP contribution in [0.1, 0.15) is 25.0 Å². The van der Waals surface area contributed by atoms with E-state index in [0.29, 0.717) is 6.42 Å². The maximum Gasteiger partial charge on any atom is 0.102 e. The topological polar surface area (TPSA) is 29.5 Å². The van der Waals surface area contributed by atoms with Crippen LogP contribution in [0.3, 0.4) is 0 Å². The average molecular weight is 180 g/mol. The molecule has 13 heavy (non-hydrogen) atoms. The molecule has 0 aromatic heterocycles. The minimum atomic E-state index is -0.505. The van der Waals surface area contributed by atoms with E-state index in [1.165, 1.54) is 11.1 Å². The van der Waals surface area contributed by atoms with Gasteiger partial charge in [-0.15, -0.1) is 0 Å². The Labute approximate surface area is 79.1 Å². The lowest BCUT2D eigenvalue weighted by Gasteiger charge is -2.20. The molecule has 0 amide bonds. The van der Waals surface area contributed by atoms with Gasteiger partial charge in [0.2, 0.25) is 0 Å². The molecule has 0 unspecified atom stereocenters. The van der Waals surface area contributed by atoms with Gasteiger partial charge in [0, 0.05) is 6.42 Å². The summed E-state index contributed by atoms with van der Waals surface area (Å²) < 4.78 is 0. The van der Waals surface area contributed by atoms with E-state index in [1.54, 1.807) is 0 Å². The predicted molar refractivity (Wildman–Crippen MR) is 52.7 cm³/mol. The van der Waals surface area contributed by atoms with Gasteiger partial charge < -0.3 is 0 Å². The molecule has 0 aliphatic rings. The van der Waals surface area contributed by atoms with E-state index in [0.717, 1.165) is 0 Å². The van der Waals surface area contributed by atoms with Gasteiger partial charge in [0.25, 0.3) is 0 Å². The second-order valence-electron chi connectivity index (χ2n) is 4.01. The van der Waals surface area contributed by atoms with Gasteiger partial charge in [-0.3, -0.25) is 5.26 Å². The molecule has 0 atom stereocenters. The third-order valence-electron chi connectivity index (χ3n) is 2.00. The Morgan fingerprint density at radius 2 is 1.77 bits per heavy atom. The minimum Gasteiger partial charge on any atom is -0.251 e. The average Bonchev–Trinajstić information content (AvgIpc) is 2.09. The van der Waals surface area contributed by atoms with Crippen molar-refractivity contribution in [3.63, 3.8) is 0 Å². The Balaban J connectivity index is 2.69. The number of aryl methyl sites for hydroxylation is 1. The Morgan fingerprint density at radius 1 is 1.23 bits per heavy atom. The first kappa shape index (κ1) is 10.2. The van der Waals surface area contributed by atoms with Crippen molar-refractivity contribution in [3.05, 3.63) is 35.4 Å². The lowest BCUT2D eigenvalue weighted by atomic mass is 9.98. The van der Waals surface area contributed by atoms with Crippen LogP contribution in [-0.2, 0) is 11.3 Å². The molecule has 0 saturated heterocycles. The molecule has 2 heteroatoms. The van der Waals surface area contributed by atoms with Gasteiger partial charge in [0.1, 0.15) is 5.60 Å². The van der Waals surface area contributed by atoms with Crippen molar-refractivity contribution in [3.8, 4) is 0 Å². The normalized spacial score (nSPS) is 11.7. The maximum atomic E-state index is 8.61. The van der Waals surface area contributed by atoms with Crippen molar-refractivity contribution in [2.45, 2.75) is 32.8 Å². The largest absolute Gasteiger partial charge is 0.251 e. The molecule has 0 heterocycles. The third-order valence-corrected chi connectivity index (χ3v) is 2.00. The smallest absolute Gasteiger partial charge is 0.102 e. The van der Waals surface area contributed by atoms with Gasteiger partial charge in [-0.05, 0) is 26.3 Å². The van der Waals surface area contributed by atoms with E-state index in [4.69, 9.17) is 5.26 Å². The van der Waals surface area contributed by atoms with E-state index in [1.807, 2.05) is 13.8 Å². The van der Waals surface area contributed by atoms with E-state index in [9.17, 15) is 0 Å². The number of hydrogen-bond acceptors (Lipinski definition) is 2. The number of rotatable bonds is 3. The monoisotopic (exact) mass is 180 g/mol. The van der Waals surface area contributed by atoms with Crippen LogP contribution < -0.4 is 0 Å². The highest BCUT2D eigenvalue weighted by Gasteiger charge is 2.18. The highest BCUT2D eigenvalue weighted by atomic mass is 17.1. The van der Waals surface area contributed by atoms with Crippen molar-refractivity contribution in [2.24, 2.45) is 0 Å². The zero-order chi connectivity index (χ0) is 9.90. The summed E-state index contributed by atoms with van der Waals surface area (Å²) in [7, 11) is 0. The van der Waals surface area contributed by atoms with Crippen molar-refractivity contribution < 1.29 is 10.1 Å². The van der Waals surface area contributed by atoms with E-state index in [-0.39, 0.29) is 0 Å². The fourth-order valence-corrected chi connectivity index (χ4v) is 1.23. The Hall–Kier alpha value is -0.860. The van der Waals surface area contributed by atoms with Crippen molar-refractivity contribution in [2.75, 3.05) is 0 Å². The fourth-order valence-electron chi connectivity index (χ4n) is 1.23. The lowest BCUT2D eigenvalue weighted by Crippen LogP contribution is -2.25. The third kappa shape index (κ3) is 3.17. The molecule has 1 rings (SSSR count). The van der Waals surface area contributed by atoms with Crippen molar-refractivity contribution >= 4 is 0 Å². The minimum absolute atomic E-state index is 0.505. The van der Waals surface area contributed by atoms with Crippen LogP contribution in [0.25, 0.3) is 0 Å². The van der Waals surface area contributed by atoms with Gasteiger partial charge in [0.15, 0.2) is 0 Å². The predicted octanol–water partition coefficient (Wildman–Crippen LogP) is 2.81. The van der Waals surface area contributed by atoms with Crippen LogP contribution >= 0.6 is 0 Å². The summed E-state index contributed by atoms with van der Waals surface area (Å²) in [5, 5.41) is 8.61. The SMILES string of the molecule is Cc1ccc(CC(C)(C)OO)cc1. The summed E-state index contributed by atoms with van der Waals surface area (Å²) in [5.41, 5.74) is 1.91. The maximum absolute atomic E-state index is 8.61. The Kier molecular flexibility index (Phi) is 3.07. The van der Waals surface area contributed by atoms with Gasteiger partial charge >= 0.3 is 0 Å². The summed E-state index contributed by atoms with van der Waals surface area (Å²) in [4.78, 5) is 4.37. The first-order chi connectivity index (χ1) is 6.03. The molecule has 1 N–H and O–H groups in total. The first-order valence-electron chi connectivity index (χ1n) is 4.42. The van der Waals surface area contributed by atoms with E-state index < -0.39 is 5.60 Å². The summed E-state index contributed by atoms with van der Waals surface area (Å²) in [6.07, 6.45) is 0.712. The first-order valence-corrected chi connectivity index (χ1v) is 4.42. The van der Waals surface area contributed by atoms with Crippen LogP contribution in [0.15, 0.2) is 24.3 Å². The van der Waals surface area contributed by atoms with E-state index >= 15 is 0 Å². The summed E-state index contributed by atoms with van der Waals surface area (Å²) in [6, 6.07) is 8.22. The number of benzene rings is 1. The second kappa shape index (κ2) is 3.90. The molecule has 72 valence electrons. The molecular weight excluding hydrogens is 164 g/mol. The van der Waals surface area contributed by atoms with E-state index in [2.05, 4.69) is 36.1 Å². The highest BCUT2D eigenvalue weighted by molar-refractivity contribution is 5.22. The zero-order valence-electron chi connectivity index (χ0n) is 8.37. The van der Waals surface area contributed by atoms with Crippen molar-refractivity contribution in [1.29, 1.82) is 0 Å². The summed E-state index contributed by atoms with van der Waals surface area (Å²) in [6.45, 7) is 5.76. The van der Waals surface area contributed by atoms with Crippen LogP contribution in [0.2, 0.25) is 0 Å². The van der Waals surface area contributed by atoms with Gasteiger partial charge in [-0.1, -0.05) is 29.8 Å². The lowest BCUT2D eigenvalue weighted by molar-refractivity contribution is -0.312. The van der Waals surface area contributed by atoms with Gasteiger partial charge in [0.05, 0.1) is 0 Å². The fraction of sp³-hybridized carbons (Fsp3) is 0.455. The van der Waals surface area contributed by atoms with Crippen LogP contribution in [-0.4, -0.2) is 10.9 Å². The van der Waals surface area contributed by atoms with Crippen molar-refractivity contribution in [1.82, 2.24) is 0 Å². The van der Waals surface area contributed by atoms with Gasteiger partial charge in [-0.25, -0.2) is 4.89 Å². The molecular formula is C11H16O2. The van der Waals surface area contributed by atoms with Crippen LogP contribution in [0, 0.1) is 6.92 Å². The zero-order valence-corrected chi connectivity index (χ0v) is 8.37. The standard InChI is InChI=1S/C11H16O2/c1-9-4-6-10(7-5-9)8-11(2,3)13-12/h4-7,12H,8H2,1-3H3. The molecule has 0 aliphatic carbocycles. The molecule has 2 nitrogen and oxygen atoms in total. The molecule has 1 aromatic carbocycles. The number of hydrogen-bond donors (Lipinski definition) is 1. The quantitative estimate of drug-likeness (QED) is 0.572. The molecule has 0 saturated carbocycles. The van der Waals surface area contributed by atoms with Crippen LogP contribution in [0.4, 0.5) is 0 Å². The summed E-state index contributed by atoms with van der Waals surface area (Å²) in [5.74, 6) is 0.